The lowest BCUT2D eigenvalue weighted by molar-refractivity contribution is -0.120. The van der Waals surface area contributed by atoms with Gasteiger partial charge in [-0.3, -0.25) is 4.79 Å². The Hall–Kier alpha value is -1.16. The average Bonchev–Trinajstić information content (AvgIpc) is 2.39. The Morgan fingerprint density at radius 1 is 1.37 bits per heavy atom. The summed E-state index contributed by atoms with van der Waals surface area (Å²) in [6.45, 7) is 2.53. The molecule has 0 aromatic heterocycles. The molecule has 1 amide bonds. The van der Waals surface area contributed by atoms with Crippen molar-refractivity contribution in [2.45, 2.75) is 26.2 Å². The maximum absolute atomic E-state index is 13.3. The minimum Gasteiger partial charge on any atom is -0.356 e. The van der Waals surface area contributed by atoms with Gasteiger partial charge in [0, 0.05) is 18.0 Å². The van der Waals surface area contributed by atoms with E-state index in [1.165, 1.54) is 6.07 Å². The van der Waals surface area contributed by atoms with Crippen LogP contribution in [-0.4, -0.2) is 18.3 Å². The monoisotopic (exact) mass is 289 g/mol. The van der Waals surface area contributed by atoms with Gasteiger partial charge in [-0.25, -0.2) is 8.78 Å². The van der Waals surface area contributed by atoms with Gasteiger partial charge < -0.3 is 5.32 Å². The second kappa shape index (κ2) is 8.10. The van der Waals surface area contributed by atoms with E-state index in [4.69, 9.17) is 11.6 Å². The highest BCUT2D eigenvalue weighted by atomic mass is 35.5. The predicted molar refractivity (Wildman–Crippen MR) is 72.2 cm³/mol. The highest BCUT2D eigenvalue weighted by molar-refractivity contribution is 6.18. The molecule has 0 heterocycles. The molecule has 0 fully saturated rings. The molecule has 0 saturated carbocycles. The molecule has 1 unspecified atom stereocenters. The number of alkyl halides is 1. The summed E-state index contributed by atoms with van der Waals surface area (Å²) in [4.78, 5) is 11.6. The van der Waals surface area contributed by atoms with Crippen LogP contribution in [0.15, 0.2) is 18.2 Å². The molecule has 2 nitrogen and oxygen atoms in total. The first-order chi connectivity index (χ1) is 9.04. The highest BCUT2D eigenvalue weighted by Gasteiger charge is 2.12. The molecule has 0 bridgehead atoms. The summed E-state index contributed by atoms with van der Waals surface area (Å²) in [5.74, 6) is -0.754. The molecule has 1 atom stereocenters. The van der Waals surface area contributed by atoms with Gasteiger partial charge in [-0.15, -0.1) is 11.6 Å². The van der Waals surface area contributed by atoms with Crippen LogP contribution in [0, 0.1) is 17.6 Å². The molecule has 0 aliphatic heterocycles. The first kappa shape index (κ1) is 15.9. The topological polar surface area (TPSA) is 29.1 Å². The van der Waals surface area contributed by atoms with Gasteiger partial charge in [-0.2, -0.15) is 0 Å². The van der Waals surface area contributed by atoms with Crippen molar-refractivity contribution < 1.29 is 13.6 Å². The van der Waals surface area contributed by atoms with Crippen molar-refractivity contribution >= 4 is 17.5 Å². The third kappa shape index (κ3) is 5.55. The lowest BCUT2D eigenvalue weighted by Gasteiger charge is -2.09. The number of hydrogen-bond acceptors (Lipinski definition) is 1. The Kier molecular flexibility index (Phi) is 6.78. The van der Waals surface area contributed by atoms with Crippen LogP contribution in [0.5, 0.6) is 0 Å². The Morgan fingerprint density at radius 2 is 2.00 bits per heavy atom. The van der Waals surface area contributed by atoms with Crippen LogP contribution in [0.2, 0.25) is 0 Å². The Labute approximate surface area is 117 Å². The SMILES string of the molecule is CC(CCl)CCCNC(=O)Cc1c(F)cccc1F. The quantitative estimate of drug-likeness (QED) is 0.606. The standard InChI is InChI=1S/C14H18ClF2NO/c1-10(9-15)4-3-7-18-14(19)8-11-12(16)5-2-6-13(11)17/h2,5-6,10H,3-4,7-9H2,1H3,(H,18,19). The summed E-state index contributed by atoms with van der Waals surface area (Å²) >= 11 is 5.66. The van der Waals surface area contributed by atoms with E-state index < -0.39 is 11.6 Å². The molecule has 0 aliphatic rings. The van der Waals surface area contributed by atoms with Crippen LogP contribution < -0.4 is 5.32 Å². The molecule has 19 heavy (non-hydrogen) atoms. The van der Waals surface area contributed by atoms with Crippen molar-refractivity contribution in [3.8, 4) is 0 Å². The molecule has 0 saturated heterocycles. The smallest absolute Gasteiger partial charge is 0.224 e. The van der Waals surface area contributed by atoms with Gasteiger partial charge in [0.1, 0.15) is 11.6 Å². The van der Waals surface area contributed by atoms with E-state index in [1.807, 2.05) is 6.92 Å². The molecule has 1 aromatic carbocycles. The Balaban J connectivity index is 2.35. The second-order valence-electron chi connectivity index (χ2n) is 4.63. The van der Waals surface area contributed by atoms with Crippen molar-refractivity contribution in [1.29, 1.82) is 0 Å². The molecular weight excluding hydrogens is 272 g/mol. The normalized spacial score (nSPS) is 12.2. The Morgan fingerprint density at radius 3 is 2.58 bits per heavy atom. The molecule has 0 spiro atoms. The zero-order valence-electron chi connectivity index (χ0n) is 10.9. The van der Waals surface area contributed by atoms with Gasteiger partial charge in [0.25, 0.3) is 0 Å². The molecule has 1 aromatic rings. The van der Waals surface area contributed by atoms with Gasteiger partial charge in [-0.05, 0) is 30.9 Å². The van der Waals surface area contributed by atoms with E-state index in [0.717, 1.165) is 25.0 Å². The summed E-state index contributed by atoms with van der Waals surface area (Å²) in [5.41, 5.74) is -0.186. The summed E-state index contributed by atoms with van der Waals surface area (Å²) in [5, 5.41) is 2.65. The van der Waals surface area contributed by atoms with Gasteiger partial charge in [0.15, 0.2) is 0 Å². The number of halogens is 3. The molecule has 5 heteroatoms. The summed E-state index contributed by atoms with van der Waals surface area (Å²) < 4.78 is 26.6. The predicted octanol–water partition coefficient (Wildman–Crippen LogP) is 3.28. The number of amides is 1. The summed E-state index contributed by atoms with van der Waals surface area (Å²) in [6, 6.07) is 3.57. The maximum atomic E-state index is 13.3. The van der Waals surface area contributed by atoms with Crippen LogP contribution in [-0.2, 0) is 11.2 Å². The average molecular weight is 290 g/mol. The fourth-order valence-electron chi connectivity index (χ4n) is 1.68. The van der Waals surface area contributed by atoms with Crippen molar-refractivity contribution in [3.05, 3.63) is 35.4 Å². The zero-order chi connectivity index (χ0) is 14.3. The minimum absolute atomic E-state index is 0.186. The van der Waals surface area contributed by atoms with Crippen LogP contribution in [0.25, 0.3) is 0 Å². The number of hydrogen-bond donors (Lipinski definition) is 1. The van der Waals surface area contributed by atoms with Crippen LogP contribution in [0.1, 0.15) is 25.3 Å². The second-order valence-corrected chi connectivity index (χ2v) is 4.94. The van der Waals surface area contributed by atoms with Crippen LogP contribution >= 0.6 is 11.6 Å². The number of nitrogens with one attached hydrogen (secondary N) is 1. The highest BCUT2D eigenvalue weighted by Crippen LogP contribution is 2.12. The number of carbonyl (C=O) groups is 1. The van der Waals surface area contributed by atoms with Gasteiger partial charge in [-0.1, -0.05) is 13.0 Å². The van der Waals surface area contributed by atoms with E-state index in [0.29, 0.717) is 18.3 Å². The fraction of sp³-hybridized carbons (Fsp3) is 0.500. The van der Waals surface area contributed by atoms with Crippen molar-refractivity contribution in [2.75, 3.05) is 12.4 Å². The zero-order valence-corrected chi connectivity index (χ0v) is 11.6. The maximum Gasteiger partial charge on any atom is 0.224 e. The lowest BCUT2D eigenvalue weighted by atomic mass is 10.1. The number of benzene rings is 1. The summed E-state index contributed by atoms with van der Waals surface area (Å²) in [7, 11) is 0. The molecule has 0 radical (unpaired) electrons. The minimum atomic E-state index is -0.689. The van der Waals surface area contributed by atoms with E-state index in [1.54, 1.807) is 0 Å². The Bertz CT molecular complexity index is 406. The number of carbonyl (C=O) groups excluding carboxylic acids is 1. The van der Waals surface area contributed by atoms with Crippen LogP contribution in [0.4, 0.5) is 8.78 Å². The van der Waals surface area contributed by atoms with Crippen molar-refractivity contribution in [1.82, 2.24) is 5.32 Å². The summed E-state index contributed by atoms with van der Waals surface area (Å²) in [6.07, 6.45) is 1.45. The lowest BCUT2D eigenvalue weighted by Crippen LogP contribution is -2.27. The molecule has 0 aliphatic carbocycles. The molecular formula is C14H18ClF2NO. The molecule has 106 valence electrons. The third-order valence-electron chi connectivity index (χ3n) is 2.86. The molecule has 1 N–H and O–H groups in total. The van der Waals surface area contributed by atoms with Gasteiger partial charge >= 0.3 is 0 Å². The molecule has 1 rings (SSSR count). The first-order valence-corrected chi connectivity index (χ1v) is 6.83. The van der Waals surface area contributed by atoms with Gasteiger partial charge in [0.05, 0.1) is 6.42 Å². The fourth-order valence-corrected chi connectivity index (χ4v) is 1.83. The van der Waals surface area contributed by atoms with E-state index in [9.17, 15) is 13.6 Å². The van der Waals surface area contributed by atoms with E-state index >= 15 is 0 Å². The first-order valence-electron chi connectivity index (χ1n) is 6.30. The van der Waals surface area contributed by atoms with Crippen molar-refractivity contribution in [3.63, 3.8) is 0 Å². The largest absolute Gasteiger partial charge is 0.356 e. The van der Waals surface area contributed by atoms with E-state index in [2.05, 4.69) is 5.32 Å². The van der Waals surface area contributed by atoms with Crippen LogP contribution in [0.3, 0.4) is 0 Å². The number of rotatable bonds is 7. The van der Waals surface area contributed by atoms with Gasteiger partial charge in [0.2, 0.25) is 5.91 Å². The van der Waals surface area contributed by atoms with Crippen molar-refractivity contribution in [2.24, 2.45) is 5.92 Å². The third-order valence-corrected chi connectivity index (χ3v) is 3.39. The van der Waals surface area contributed by atoms with E-state index in [-0.39, 0.29) is 17.9 Å².